The molecular formula is C14H25N3O2. The van der Waals surface area contributed by atoms with Crippen molar-refractivity contribution in [3.8, 4) is 0 Å². The normalized spacial score (nSPS) is 24.3. The van der Waals surface area contributed by atoms with E-state index in [0.717, 1.165) is 38.5 Å². The maximum absolute atomic E-state index is 12.2. The molecule has 19 heavy (non-hydrogen) atoms. The zero-order valence-electron chi connectivity index (χ0n) is 11.5. The van der Waals surface area contributed by atoms with E-state index in [2.05, 4.69) is 10.5 Å². The molecule has 0 spiro atoms. The number of nitrogens with one attached hydrogen (secondary N) is 1. The molecule has 2 rings (SSSR count). The highest BCUT2D eigenvalue weighted by molar-refractivity contribution is 5.90. The number of rotatable bonds is 4. The monoisotopic (exact) mass is 267 g/mol. The van der Waals surface area contributed by atoms with Gasteiger partial charge in [-0.25, -0.2) is 0 Å². The molecule has 2 aliphatic rings. The molecule has 0 aromatic carbocycles. The first kappa shape index (κ1) is 14.2. The number of oxime groups is 1. The molecule has 2 aliphatic carbocycles. The van der Waals surface area contributed by atoms with E-state index in [-0.39, 0.29) is 23.7 Å². The molecule has 2 fully saturated rings. The van der Waals surface area contributed by atoms with Gasteiger partial charge >= 0.3 is 0 Å². The van der Waals surface area contributed by atoms with Crippen molar-refractivity contribution in [3.05, 3.63) is 0 Å². The van der Waals surface area contributed by atoms with E-state index in [0.29, 0.717) is 5.92 Å². The molecule has 2 saturated carbocycles. The molecule has 1 unspecified atom stereocenters. The zero-order chi connectivity index (χ0) is 13.7. The summed E-state index contributed by atoms with van der Waals surface area (Å²) in [5, 5.41) is 15.1. The molecule has 108 valence electrons. The Hall–Kier alpha value is -1.26. The molecule has 0 aromatic rings. The van der Waals surface area contributed by atoms with Crippen molar-refractivity contribution in [2.45, 2.75) is 63.8 Å². The SMILES string of the molecule is N/C(=N\O)C(NC(=O)C1CCCC1)C1CCCCC1. The van der Waals surface area contributed by atoms with Gasteiger partial charge in [-0.05, 0) is 31.6 Å². The molecule has 4 N–H and O–H groups in total. The number of hydrogen-bond acceptors (Lipinski definition) is 3. The van der Waals surface area contributed by atoms with Crippen LogP contribution < -0.4 is 11.1 Å². The summed E-state index contributed by atoms with van der Waals surface area (Å²) in [5.74, 6) is 0.672. The van der Waals surface area contributed by atoms with E-state index < -0.39 is 0 Å². The fourth-order valence-electron chi connectivity index (χ4n) is 3.42. The second-order valence-corrected chi connectivity index (χ2v) is 5.89. The Bertz CT molecular complexity index is 332. The first-order chi connectivity index (χ1) is 9.22. The smallest absolute Gasteiger partial charge is 0.223 e. The van der Waals surface area contributed by atoms with Gasteiger partial charge in [0, 0.05) is 5.92 Å². The molecule has 1 amide bonds. The van der Waals surface area contributed by atoms with Crippen LogP contribution in [0, 0.1) is 11.8 Å². The van der Waals surface area contributed by atoms with Crippen LogP contribution in [0.5, 0.6) is 0 Å². The van der Waals surface area contributed by atoms with Gasteiger partial charge in [0.05, 0.1) is 6.04 Å². The van der Waals surface area contributed by atoms with Gasteiger partial charge in [0.25, 0.3) is 0 Å². The third kappa shape index (κ3) is 3.61. The van der Waals surface area contributed by atoms with Crippen LogP contribution in [0.4, 0.5) is 0 Å². The lowest BCUT2D eigenvalue weighted by Gasteiger charge is -2.30. The summed E-state index contributed by atoms with van der Waals surface area (Å²) in [6, 6.07) is -0.293. The Morgan fingerprint density at radius 2 is 1.68 bits per heavy atom. The average molecular weight is 267 g/mol. The van der Waals surface area contributed by atoms with Gasteiger partial charge in [0.15, 0.2) is 5.84 Å². The Kier molecular flexibility index (Phi) is 5.05. The van der Waals surface area contributed by atoms with E-state index in [9.17, 15) is 4.79 Å². The van der Waals surface area contributed by atoms with Crippen molar-refractivity contribution in [1.29, 1.82) is 0 Å². The predicted octanol–water partition coefficient (Wildman–Crippen LogP) is 1.99. The maximum Gasteiger partial charge on any atom is 0.223 e. The van der Waals surface area contributed by atoms with Crippen LogP contribution in [0.2, 0.25) is 0 Å². The van der Waals surface area contributed by atoms with Crippen LogP contribution in [-0.2, 0) is 4.79 Å². The topological polar surface area (TPSA) is 87.7 Å². The van der Waals surface area contributed by atoms with Gasteiger partial charge in [0.1, 0.15) is 0 Å². The van der Waals surface area contributed by atoms with Crippen molar-refractivity contribution in [2.24, 2.45) is 22.7 Å². The largest absolute Gasteiger partial charge is 0.409 e. The highest BCUT2D eigenvalue weighted by Crippen LogP contribution is 2.28. The van der Waals surface area contributed by atoms with E-state index in [4.69, 9.17) is 10.9 Å². The molecule has 0 bridgehead atoms. The molecule has 1 atom stereocenters. The quantitative estimate of drug-likeness (QED) is 0.315. The van der Waals surface area contributed by atoms with Gasteiger partial charge < -0.3 is 16.3 Å². The van der Waals surface area contributed by atoms with Crippen molar-refractivity contribution in [2.75, 3.05) is 0 Å². The highest BCUT2D eigenvalue weighted by atomic mass is 16.4. The minimum absolute atomic E-state index is 0.0830. The fraction of sp³-hybridized carbons (Fsp3) is 0.857. The average Bonchev–Trinajstić information content (AvgIpc) is 2.99. The van der Waals surface area contributed by atoms with Gasteiger partial charge in [-0.3, -0.25) is 4.79 Å². The lowest BCUT2D eigenvalue weighted by Crippen LogP contribution is -2.51. The number of nitrogens with two attached hydrogens (primary N) is 1. The summed E-state index contributed by atoms with van der Waals surface area (Å²) in [6.07, 6.45) is 9.89. The van der Waals surface area contributed by atoms with Crippen molar-refractivity contribution in [3.63, 3.8) is 0 Å². The summed E-state index contributed by atoms with van der Waals surface area (Å²) in [4.78, 5) is 12.2. The van der Waals surface area contributed by atoms with Gasteiger partial charge in [-0.15, -0.1) is 0 Å². The second kappa shape index (κ2) is 6.78. The number of carbonyl (C=O) groups is 1. The van der Waals surface area contributed by atoms with E-state index >= 15 is 0 Å². The Balaban J connectivity index is 1.98. The predicted molar refractivity (Wildman–Crippen MR) is 73.9 cm³/mol. The Morgan fingerprint density at radius 3 is 2.26 bits per heavy atom. The van der Waals surface area contributed by atoms with Crippen LogP contribution in [0.15, 0.2) is 5.16 Å². The second-order valence-electron chi connectivity index (χ2n) is 5.89. The Morgan fingerprint density at radius 1 is 1.11 bits per heavy atom. The van der Waals surface area contributed by atoms with Crippen LogP contribution in [0.3, 0.4) is 0 Å². The molecule has 0 saturated heterocycles. The lowest BCUT2D eigenvalue weighted by atomic mass is 9.83. The minimum atomic E-state index is -0.293. The standard InChI is InChI=1S/C14H25N3O2/c15-13(17-19)12(10-6-2-1-3-7-10)16-14(18)11-8-4-5-9-11/h10-12,19H,1-9H2,(H2,15,17)(H,16,18). The summed E-state index contributed by atoms with van der Waals surface area (Å²) in [5.41, 5.74) is 5.78. The fourth-order valence-corrected chi connectivity index (χ4v) is 3.42. The van der Waals surface area contributed by atoms with Crippen LogP contribution in [0.1, 0.15) is 57.8 Å². The number of amidine groups is 1. The first-order valence-electron chi connectivity index (χ1n) is 7.50. The van der Waals surface area contributed by atoms with Crippen molar-refractivity contribution < 1.29 is 10.0 Å². The van der Waals surface area contributed by atoms with Crippen LogP contribution in [0.25, 0.3) is 0 Å². The van der Waals surface area contributed by atoms with Crippen LogP contribution >= 0.6 is 0 Å². The lowest BCUT2D eigenvalue weighted by molar-refractivity contribution is -0.125. The van der Waals surface area contributed by atoms with Gasteiger partial charge in [-0.2, -0.15) is 0 Å². The highest BCUT2D eigenvalue weighted by Gasteiger charge is 2.31. The molecular weight excluding hydrogens is 242 g/mol. The zero-order valence-corrected chi connectivity index (χ0v) is 11.5. The Labute approximate surface area is 114 Å². The number of hydrogen-bond donors (Lipinski definition) is 3. The van der Waals surface area contributed by atoms with Gasteiger partial charge in [0.2, 0.25) is 5.91 Å². The molecule has 0 radical (unpaired) electrons. The molecule has 0 heterocycles. The summed E-state index contributed by atoms with van der Waals surface area (Å²) in [7, 11) is 0. The maximum atomic E-state index is 12.2. The molecule has 0 aliphatic heterocycles. The molecule has 5 nitrogen and oxygen atoms in total. The third-order valence-electron chi connectivity index (χ3n) is 4.58. The third-order valence-corrected chi connectivity index (χ3v) is 4.58. The minimum Gasteiger partial charge on any atom is -0.409 e. The van der Waals surface area contributed by atoms with E-state index in [1.165, 1.54) is 19.3 Å². The van der Waals surface area contributed by atoms with Crippen molar-refractivity contribution >= 4 is 11.7 Å². The van der Waals surface area contributed by atoms with Gasteiger partial charge in [-0.1, -0.05) is 37.3 Å². The number of carbonyl (C=O) groups excluding carboxylic acids is 1. The summed E-state index contributed by atoms with van der Waals surface area (Å²) >= 11 is 0. The van der Waals surface area contributed by atoms with E-state index in [1.54, 1.807) is 0 Å². The molecule has 0 aromatic heterocycles. The first-order valence-corrected chi connectivity index (χ1v) is 7.50. The number of nitrogens with zero attached hydrogens (tertiary/aromatic N) is 1. The molecule has 5 heteroatoms. The number of amides is 1. The summed E-state index contributed by atoms with van der Waals surface area (Å²) in [6.45, 7) is 0. The summed E-state index contributed by atoms with van der Waals surface area (Å²) < 4.78 is 0. The van der Waals surface area contributed by atoms with Crippen molar-refractivity contribution in [1.82, 2.24) is 5.32 Å². The van der Waals surface area contributed by atoms with E-state index in [1.807, 2.05) is 0 Å². The van der Waals surface area contributed by atoms with Crippen LogP contribution in [-0.4, -0.2) is 23.0 Å².